The Labute approximate surface area is 119 Å². The minimum atomic E-state index is -0.149. The number of aliphatic hydroxyl groups is 1. The fraction of sp³-hybridized carbons (Fsp3) is 0.571. The molecule has 0 aliphatic rings. The van der Waals surface area contributed by atoms with E-state index in [-0.39, 0.29) is 12.1 Å². The van der Waals surface area contributed by atoms with E-state index in [0.717, 1.165) is 30.2 Å². The third-order valence-electron chi connectivity index (χ3n) is 2.89. The minimum absolute atomic E-state index is 0.149. The van der Waals surface area contributed by atoms with Crippen LogP contribution in [0.1, 0.15) is 26.7 Å². The first-order valence-corrected chi connectivity index (χ1v) is 7.70. The average molecular weight is 288 g/mol. The van der Waals surface area contributed by atoms with Gasteiger partial charge in [0.15, 0.2) is 0 Å². The van der Waals surface area contributed by atoms with E-state index in [1.165, 1.54) is 4.90 Å². The Morgan fingerprint density at radius 1 is 1.44 bits per heavy atom. The maximum atomic E-state index is 9.38. The fourth-order valence-electron chi connectivity index (χ4n) is 1.86. The molecule has 0 heterocycles. The third-order valence-corrected chi connectivity index (χ3v) is 4.21. The van der Waals surface area contributed by atoms with Crippen LogP contribution in [0, 0.1) is 0 Å². The molecule has 1 atom stereocenters. The summed E-state index contributed by atoms with van der Waals surface area (Å²) in [6.45, 7) is 5.20. The van der Waals surface area contributed by atoms with Gasteiger partial charge in [-0.05, 0) is 50.3 Å². The fourth-order valence-corrected chi connectivity index (χ4v) is 3.02. The molecule has 0 fully saturated rings. The lowest BCUT2D eigenvalue weighted by molar-refractivity contribution is 0.167. The molecule has 2 nitrogen and oxygen atoms in total. The molecule has 0 saturated heterocycles. The summed E-state index contributed by atoms with van der Waals surface area (Å²) in [5, 5.41) is 13.5. The molecule has 0 bridgehead atoms. The topological polar surface area (TPSA) is 32.3 Å². The van der Waals surface area contributed by atoms with Gasteiger partial charge in [-0.15, -0.1) is 11.8 Å². The van der Waals surface area contributed by atoms with Gasteiger partial charge in [0.2, 0.25) is 0 Å². The highest BCUT2D eigenvalue weighted by atomic mass is 35.5. The molecular weight excluding hydrogens is 266 g/mol. The molecule has 0 saturated carbocycles. The van der Waals surface area contributed by atoms with Crippen molar-refractivity contribution in [2.75, 3.05) is 18.9 Å². The van der Waals surface area contributed by atoms with Gasteiger partial charge in [0.1, 0.15) is 0 Å². The molecule has 0 radical (unpaired) electrons. The third kappa shape index (κ3) is 5.61. The molecule has 1 aromatic rings. The van der Waals surface area contributed by atoms with Crippen molar-refractivity contribution in [1.82, 2.24) is 5.32 Å². The summed E-state index contributed by atoms with van der Waals surface area (Å²) in [5.74, 6) is 1.04. The molecule has 1 unspecified atom stereocenters. The first-order chi connectivity index (χ1) is 8.59. The van der Waals surface area contributed by atoms with Crippen molar-refractivity contribution in [3.8, 4) is 0 Å². The molecule has 0 aliphatic carbocycles. The molecule has 0 aliphatic heterocycles. The van der Waals surface area contributed by atoms with E-state index in [9.17, 15) is 5.11 Å². The first kappa shape index (κ1) is 15.8. The van der Waals surface area contributed by atoms with Crippen LogP contribution in [0.15, 0.2) is 29.2 Å². The Bertz CT molecular complexity index is 361. The van der Waals surface area contributed by atoms with E-state index in [1.807, 2.05) is 30.0 Å². The number of aliphatic hydroxyl groups excluding tert-OH is 1. The summed E-state index contributed by atoms with van der Waals surface area (Å²) >= 11 is 7.75. The quantitative estimate of drug-likeness (QED) is 0.566. The van der Waals surface area contributed by atoms with Gasteiger partial charge in [0, 0.05) is 15.5 Å². The smallest absolute Gasteiger partial charge is 0.0610 e. The van der Waals surface area contributed by atoms with Crippen LogP contribution >= 0.6 is 23.4 Å². The highest BCUT2D eigenvalue weighted by Gasteiger charge is 2.20. The molecule has 0 spiro atoms. The molecule has 1 rings (SSSR count). The molecule has 0 aromatic heterocycles. The number of benzene rings is 1. The van der Waals surface area contributed by atoms with Crippen LogP contribution < -0.4 is 5.32 Å². The molecule has 4 heteroatoms. The lowest BCUT2D eigenvalue weighted by atomic mass is 9.97. The highest BCUT2D eigenvalue weighted by Crippen LogP contribution is 2.23. The maximum absolute atomic E-state index is 9.38. The number of hydrogen-bond acceptors (Lipinski definition) is 3. The van der Waals surface area contributed by atoms with Gasteiger partial charge in [0.05, 0.1) is 6.61 Å². The molecular formula is C14H22ClNOS. The van der Waals surface area contributed by atoms with Crippen molar-refractivity contribution in [2.45, 2.75) is 37.1 Å². The van der Waals surface area contributed by atoms with Gasteiger partial charge in [-0.25, -0.2) is 0 Å². The van der Waals surface area contributed by atoms with E-state index in [0.29, 0.717) is 0 Å². The van der Waals surface area contributed by atoms with Crippen molar-refractivity contribution >= 4 is 23.4 Å². The van der Waals surface area contributed by atoms with E-state index >= 15 is 0 Å². The number of nitrogens with one attached hydrogen (secondary N) is 1. The van der Waals surface area contributed by atoms with Crippen LogP contribution in [0.4, 0.5) is 0 Å². The number of likely N-dealkylation sites (N-methyl/N-ethyl adjacent to an activating group) is 1. The van der Waals surface area contributed by atoms with Gasteiger partial charge in [-0.1, -0.05) is 24.6 Å². The summed E-state index contributed by atoms with van der Waals surface area (Å²) in [4.78, 5) is 1.21. The predicted molar refractivity (Wildman–Crippen MR) is 80.6 cm³/mol. The monoisotopic (exact) mass is 287 g/mol. The molecule has 1 aromatic carbocycles. The van der Waals surface area contributed by atoms with E-state index in [1.54, 1.807) is 0 Å². The largest absolute Gasteiger partial charge is 0.394 e. The predicted octanol–water partition coefficient (Wildman–Crippen LogP) is 3.57. The van der Waals surface area contributed by atoms with Gasteiger partial charge in [-0.2, -0.15) is 0 Å². The highest BCUT2D eigenvalue weighted by molar-refractivity contribution is 7.99. The van der Waals surface area contributed by atoms with Crippen molar-refractivity contribution < 1.29 is 5.11 Å². The summed E-state index contributed by atoms with van der Waals surface area (Å²) < 4.78 is 0. The van der Waals surface area contributed by atoms with Crippen molar-refractivity contribution in [1.29, 1.82) is 0 Å². The SMILES string of the molecule is CCNC(C)(CO)CCCSc1cccc(Cl)c1. The molecule has 2 N–H and O–H groups in total. The maximum Gasteiger partial charge on any atom is 0.0610 e. The van der Waals surface area contributed by atoms with E-state index in [2.05, 4.69) is 25.2 Å². The second-order valence-electron chi connectivity index (χ2n) is 4.66. The Balaban J connectivity index is 2.30. The summed E-state index contributed by atoms with van der Waals surface area (Å²) in [6, 6.07) is 7.93. The van der Waals surface area contributed by atoms with Crippen LogP contribution in [-0.2, 0) is 0 Å². The lowest BCUT2D eigenvalue weighted by Gasteiger charge is -2.28. The van der Waals surface area contributed by atoms with Gasteiger partial charge < -0.3 is 10.4 Å². The molecule has 18 heavy (non-hydrogen) atoms. The minimum Gasteiger partial charge on any atom is -0.394 e. The zero-order valence-electron chi connectivity index (χ0n) is 11.1. The standard InChI is InChI=1S/C14H22ClNOS/c1-3-16-14(2,11-17)8-5-9-18-13-7-4-6-12(15)10-13/h4,6-7,10,16-17H,3,5,8-9,11H2,1-2H3. The Hall–Kier alpha value is -0.220. The van der Waals surface area contributed by atoms with E-state index in [4.69, 9.17) is 11.6 Å². The van der Waals surface area contributed by atoms with Crippen molar-refractivity contribution in [3.05, 3.63) is 29.3 Å². The summed E-state index contributed by atoms with van der Waals surface area (Å²) in [6.07, 6.45) is 2.05. The van der Waals surface area contributed by atoms with E-state index < -0.39 is 0 Å². The lowest BCUT2D eigenvalue weighted by Crippen LogP contribution is -2.45. The van der Waals surface area contributed by atoms with Crippen LogP contribution in [-0.4, -0.2) is 29.5 Å². The van der Waals surface area contributed by atoms with Crippen LogP contribution in [0.25, 0.3) is 0 Å². The number of rotatable bonds is 8. The zero-order chi connectivity index (χ0) is 13.4. The summed E-state index contributed by atoms with van der Waals surface area (Å²) in [5.41, 5.74) is -0.149. The van der Waals surface area contributed by atoms with Crippen molar-refractivity contribution in [2.24, 2.45) is 0 Å². The average Bonchev–Trinajstić information content (AvgIpc) is 2.35. The van der Waals surface area contributed by atoms with Crippen LogP contribution in [0.2, 0.25) is 5.02 Å². The van der Waals surface area contributed by atoms with Crippen LogP contribution in [0.5, 0.6) is 0 Å². The number of halogens is 1. The molecule has 0 amide bonds. The second kappa shape index (κ2) is 8.05. The second-order valence-corrected chi connectivity index (χ2v) is 6.26. The zero-order valence-corrected chi connectivity index (χ0v) is 12.7. The van der Waals surface area contributed by atoms with Gasteiger partial charge >= 0.3 is 0 Å². The summed E-state index contributed by atoms with van der Waals surface area (Å²) in [7, 11) is 0. The normalized spacial score (nSPS) is 14.4. The Morgan fingerprint density at radius 2 is 2.22 bits per heavy atom. The first-order valence-electron chi connectivity index (χ1n) is 6.34. The Morgan fingerprint density at radius 3 is 2.83 bits per heavy atom. The molecule has 102 valence electrons. The van der Waals surface area contributed by atoms with Crippen LogP contribution in [0.3, 0.4) is 0 Å². The van der Waals surface area contributed by atoms with Gasteiger partial charge in [0.25, 0.3) is 0 Å². The number of thioether (sulfide) groups is 1. The Kier molecular flexibility index (Phi) is 7.08. The number of hydrogen-bond donors (Lipinski definition) is 2. The van der Waals surface area contributed by atoms with Crippen molar-refractivity contribution in [3.63, 3.8) is 0 Å². The van der Waals surface area contributed by atoms with Gasteiger partial charge in [-0.3, -0.25) is 0 Å².